The molecule has 132 valence electrons. The first-order valence-electron chi connectivity index (χ1n) is 7.91. The van der Waals surface area contributed by atoms with Gasteiger partial charge in [-0.15, -0.1) is 0 Å². The summed E-state index contributed by atoms with van der Waals surface area (Å²) in [6, 6.07) is 0. The molecule has 7 nitrogen and oxygen atoms in total. The number of guanidine groups is 1. The van der Waals surface area contributed by atoms with Crippen LogP contribution in [0.4, 0.5) is 0 Å². The van der Waals surface area contributed by atoms with Crippen molar-refractivity contribution in [1.29, 1.82) is 0 Å². The highest BCUT2D eigenvalue weighted by atomic mass is 32.2. The number of esters is 1. The minimum absolute atomic E-state index is 0.149. The third-order valence-electron chi connectivity index (χ3n) is 4.77. The van der Waals surface area contributed by atoms with Crippen molar-refractivity contribution >= 4 is 21.8 Å². The first kappa shape index (κ1) is 18.0. The van der Waals surface area contributed by atoms with E-state index in [9.17, 15) is 13.2 Å². The summed E-state index contributed by atoms with van der Waals surface area (Å²) >= 11 is 0. The van der Waals surface area contributed by atoms with E-state index < -0.39 is 9.84 Å². The van der Waals surface area contributed by atoms with Crippen molar-refractivity contribution in [2.24, 2.45) is 22.2 Å². The van der Waals surface area contributed by atoms with Gasteiger partial charge in [0.25, 0.3) is 0 Å². The molecular weight excluding hydrogens is 318 g/mol. The molecule has 1 aliphatic carbocycles. The summed E-state index contributed by atoms with van der Waals surface area (Å²) in [6.45, 7) is 3.94. The van der Waals surface area contributed by atoms with E-state index in [1.807, 2.05) is 11.8 Å². The first-order valence-corrected chi connectivity index (χ1v) is 9.97. The number of ether oxygens (including phenoxy) is 1. The summed E-state index contributed by atoms with van der Waals surface area (Å²) in [6.07, 6.45) is 3.13. The van der Waals surface area contributed by atoms with Gasteiger partial charge >= 0.3 is 5.97 Å². The quantitative estimate of drug-likeness (QED) is 0.433. The lowest BCUT2D eigenvalue weighted by Crippen LogP contribution is -2.43. The van der Waals surface area contributed by atoms with E-state index in [0.717, 1.165) is 25.3 Å². The van der Waals surface area contributed by atoms with Crippen LogP contribution in [0.15, 0.2) is 4.99 Å². The maximum absolute atomic E-state index is 11.8. The van der Waals surface area contributed by atoms with Crippen LogP contribution in [0.5, 0.6) is 0 Å². The molecule has 2 rings (SSSR count). The van der Waals surface area contributed by atoms with Gasteiger partial charge in [0, 0.05) is 38.4 Å². The molecule has 0 aromatic carbocycles. The van der Waals surface area contributed by atoms with Crippen LogP contribution in [0.2, 0.25) is 0 Å². The molecule has 0 radical (unpaired) electrons. The van der Waals surface area contributed by atoms with Crippen molar-refractivity contribution < 1.29 is 17.9 Å². The van der Waals surface area contributed by atoms with Crippen LogP contribution in [0.25, 0.3) is 0 Å². The predicted octanol–water partition coefficient (Wildman–Crippen LogP) is 0.128. The van der Waals surface area contributed by atoms with Crippen LogP contribution in [0, 0.1) is 17.3 Å². The van der Waals surface area contributed by atoms with Crippen molar-refractivity contribution in [2.75, 3.05) is 45.8 Å². The van der Waals surface area contributed by atoms with Crippen LogP contribution < -0.4 is 5.32 Å². The molecule has 0 amide bonds. The number of carbonyl (C=O) groups excluding carboxylic acids is 1. The topological polar surface area (TPSA) is 88.1 Å². The van der Waals surface area contributed by atoms with E-state index in [2.05, 4.69) is 10.3 Å². The van der Waals surface area contributed by atoms with Crippen LogP contribution in [-0.2, 0) is 19.4 Å². The van der Waals surface area contributed by atoms with Gasteiger partial charge in [0.1, 0.15) is 9.84 Å². The average Bonchev–Trinajstić information content (AvgIpc) is 3.09. The lowest BCUT2D eigenvalue weighted by molar-refractivity contribution is -0.145. The SMILES string of the molecule is CN=C(NCC1(CS(C)(=O)=O)CC1)N1CC(C)C(C(=O)OC)C1. The number of nitrogens with one attached hydrogen (secondary N) is 1. The summed E-state index contributed by atoms with van der Waals surface area (Å²) in [7, 11) is 0.133. The van der Waals surface area contributed by atoms with Crippen molar-refractivity contribution in [3.8, 4) is 0 Å². The van der Waals surface area contributed by atoms with E-state index >= 15 is 0 Å². The highest BCUT2D eigenvalue weighted by Gasteiger charge is 2.45. The fourth-order valence-electron chi connectivity index (χ4n) is 3.30. The summed E-state index contributed by atoms with van der Waals surface area (Å²) in [4.78, 5) is 18.1. The molecule has 0 spiro atoms. The fourth-order valence-corrected chi connectivity index (χ4v) is 4.80. The highest BCUT2D eigenvalue weighted by Crippen LogP contribution is 2.46. The molecule has 1 saturated carbocycles. The standard InChI is InChI=1S/C15H27N3O4S/c1-11-7-18(8-12(11)13(19)22-3)14(16-2)17-9-15(5-6-15)10-23(4,20)21/h11-12H,5-10H2,1-4H3,(H,16,17). The molecule has 23 heavy (non-hydrogen) atoms. The molecule has 1 saturated heterocycles. The zero-order valence-corrected chi connectivity index (χ0v) is 15.1. The monoisotopic (exact) mass is 345 g/mol. The number of aliphatic imine (C=N–C) groups is 1. The molecule has 2 fully saturated rings. The van der Waals surface area contributed by atoms with Crippen LogP contribution in [-0.4, -0.2) is 71.0 Å². The number of methoxy groups -OCH3 is 1. The van der Waals surface area contributed by atoms with Crippen LogP contribution in [0.3, 0.4) is 0 Å². The zero-order chi connectivity index (χ0) is 17.3. The Balaban J connectivity index is 1.93. The Morgan fingerprint density at radius 3 is 2.52 bits per heavy atom. The third-order valence-corrected chi connectivity index (χ3v) is 5.91. The highest BCUT2D eigenvalue weighted by molar-refractivity contribution is 7.90. The van der Waals surface area contributed by atoms with Gasteiger partial charge in [0.15, 0.2) is 5.96 Å². The molecule has 1 N–H and O–H groups in total. The third kappa shape index (κ3) is 4.59. The minimum Gasteiger partial charge on any atom is -0.469 e. The molecule has 0 aromatic heterocycles. The van der Waals surface area contributed by atoms with Crippen molar-refractivity contribution in [2.45, 2.75) is 19.8 Å². The Bertz CT molecular complexity index is 584. The van der Waals surface area contributed by atoms with Gasteiger partial charge in [-0.05, 0) is 18.8 Å². The van der Waals surface area contributed by atoms with E-state index in [1.165, 1.54) is 13.4 Å². The molecule has 8 heteroatoms. The van der Waals surface area contributed by atoms with Crippen LogP contribution >= 0.6 is 0 Å². The summed E-state index contributed by atoms with van der Waals surface area (Å²) in [5.74, 6) is 0.802. The molecule has 1 aliphatic heterocycles. The maximum Gasteiger partial charge on any atom is 0.310 e. The van der Waals surface area contributed by atoms with Gasteiger partial charge < -0.3 is 15.0 Å². The molecule has 0 aromatic rings. The molecule has 1 heterocycles. The predicted molar refractivity (Wildman–Crippen MR) is 89.0 cm³/mol. The number of likely N-dealkylation sites (tertiary alicyclic amines) is 1. The number of carbonyl (C=O) groups is 1. The van der Waals surface area contributed by atoms with Crippen LogP contribution in [0.1, 0.15) is 19.8 Å². The van der Waals surface area contributed by atoms with Gasteiger partial charge in [-0.25, -0.2) is 8.42 Å². The number of sulfone groups is 1. The Morgan fingerprint density at radius 2 is 2.04 bits per heavy atom. The summed E-state index contributed by atoms with van der Waals surface area (Å²) in [5, 5.41) is 3.29. The second-order valence-corrected chi connectivity index (χ2v) is 9.12. The normalized spacial score (nSPS) is 27.0. The second-order valence-electron chi connectivity index (χ2n) is 6.98. The van der Waals surface area contributed by atoms with Crippen molar-refractivity contribution in [3.63, 3.8) is 0 Å². The summed E-state index contributed by atoms with van der Waals surface area (Å²) < 4.78 is 27.9. The summed E-state index contributed by atoms with van der Waals surface area (Å²) in [5.41, 5.74) is -0.156. The zero-order valence-electron chi connectivity index (χ0n) is 14.3. The molecule has 2 unspecified atom stereocenters. The number of rotatable bonds is 5. The number of hydrogen-bond acceptors (Lipinski definition) is 5. The minimum atomic E-state index is -2.98. The lowest BCUT2D eigenvalue weighted by Gasteiger charge is -2.24. The Labute approximate surface area is 138 Å². The Hall–Kier alpha value is -1.31. The smallest absolute Gasteiger partial charge is 0.310 e. The average molecular weight is 345 g/mol. The second kappa shape index (κ2) is 6.67. The van der Waals surface area contributed by atoms with E-state index in [1.54, 1.807) is 7.05 Å². The Morgan fingerprint density at radius 1 is 1.39 bits per heavy atom. The van der Waals surface area contributed by atoms with Gasteiger partial charge in [0.05, 0.1) is 18.8 Å². The van der Waals surface area contributed by atoms with E-state index in [0.29, 0.717) is 13.1 Å². The van der Waals surface area contributed by atoms with Gasteiger partial charge in [0.2, 0.25) is 0 Å². The molecule has 0 bridgehead atoms. The Kier molecular flexibility index (Phi) is 5.23. The van der Waals surface area contributed by atoms with E-state index in [-0.39, 0.29) is 29.0 Å². The fraction of sp³-hybridized carbons (Fsp3) is 0.867. The van der Waals surface area contributed by atoms with Gasteiger partial charge in [-0.1, -0.05) is 6.92 Å². The first-order chi connectivity index (χ1) is 10.7. The number of nitrogens with zero attached hydrogens (tertiary/aromatic N) is 2. The van der Waals surface area contributed by atoms with Gasteiger partial charge in [-0.3, -0.25) is 9.79 Å². The molecular formula is C15H27N3O4S. The molecule has 2 atom stereocenters. The van der Waals surface area contributed by atoms with Gasteiger partial charge in [-0.2, -0.15) is 0 Å². The van der Waals surface area contributed by atoms with Crippen molar-refractivity contribution in [1.82, 2.24) is 10.2 Å². The van der Waals surface area contributed by atoms with E-state index in [4.69, 9.17) is 4.74 Å². The van der Waals surface area contributed by atoms with Crippen molar-refractivity contribution in [3.05, 3.63) is 0 Å². The largest absolute Gasteiger partial charge is 0.469 e. The lowest BCUT2D eigenvalue weighted by atomic mass is 9.99. The maximum atomic E-state index is 11.8. The molecule has 2 aliphatic rings. The number of hydrogen-bond donors (Lipinski definition) is 1.